The molecule has 1 rings (SSSR count). The highest BCUT2D eigenvalue weighted by atomic mass is 16.4. The zero-order valence-electron chi connectivity index (χ0n) is 9.14. The monoisotopic (exact) mass is 218 g/mol. The molecule has 3 heteroatoms. The molecule has 1 aromatic rings. The summed E-state index contributed by atoms with van der Waals surface area (Å²) in [5.74, 6) is -0.898. The molecule has 0 spiro atoms. The molecule has 0 aliphatic heterocycles. The van der Waals surface area contributed by atoms with E-state index in [2.05, 4.69) is 13.2 Å². The average molecular weight is 218 g/mol. The Bertz CT molecular complexity index is 405. The smallest absolute Gasteiger partial charge is 0.327 e. The molecule has 16 heavy (non-hydrogen) atoms. The fraction of sp³-hybridized carbons (Fsp3) is 0.0769. The molecule has 1 N–H and O–H groups in total. The molecule has 0 aliphatic carbocycles. The summed E-state index contributed by atoms with van der Waals surface area (Å²) in [5, 5.41) is 7.60. The Morgan fingerprint density at radius 3 is 2.06 bits per heavy atom. The SMILES string of the molecule is C=CC(=O)O.C=Cc1ccccc1C(C)=O. The van der Waals surface area contributed by atoms with E-state index in [4.69, 9.17) is 5.11 Å². The van der Waals surface area contributed by atoms with E-state index in [-0.39, 0.29) is 5.78 Å². The molecule has 0 fully saturated rings. The third-order valence-electron chi connectivity index (χ3n) is 1.73. The highest BCUT2D eigenvalue weighted by molar-refractivity contribution is 5.97. The number of rotatable bonds is 3. The van der Waals surface area contributed by atoms with E-state index >= 15 is 0 Å². The minimum atomic E-state index is -0.981. The van der Waals surface area contributed by atoms with Crippen molar-refractivity contribution in [3.05, 3.63) is 54.6 Å². The van der Waals surface area contributed by atoms with E-state index in [0.29, 0.717) is 0 Å². The molecule has 3 nitrogen and oxygen atoms in total. The van der Waals surface area contributed by atoms with E-state index in [1.54, 1.807) is 19.1 Å². The van der Waals surface area contributed by atoms with Crippen LogP contribution in [0.25, 0.3) is 6.08 Å². The fourth-order valence-corrected chi connectivity index (χ4v) is 0.996. The second-order valence-electron chi connectivity index (χ2n) is 2.89. The molecule has 0 unspecified atom stereocenters. The molecule has 1 aromatic carbocycles. The standard InChI is InChI=1S/C10H10O.C3H4O2/c1-3-9-6-4-5-7-10(9)8(2)11;1-2-3(4)5/h3-7H,1H2,2H3;2H,1H2,(H,4,5). The first-order valence-electron chi connectivity index (χ1n) is 4.60. The number of benzene rings is 1. The van der Waals surface area contributed by atoms with Crippen LogP contribution in [0.15, 0.2) is 43.5 Å². The molecule has 0 saturated heterocycles. The Kier molecular flexibility index (Phi) is 6.21. The molecule has 0 aliphatic rings. The lowest BCUT2D eigenvalue weighted by Gasteiger charge is -1.98. The van der Waals surface area contributed by atoms with Crippen molar-refractivity contribution >= 4 is 17.8 Å². The van der Waals surface area contributed by atoms with Crippen LogP contribution in [0, 0.1) is 0 Å². The van der Waals surface area contributed by atoms with E-state index in [1.807, 2.05) is 18.2 Å². The van der Waals surface area contributed by atoms with Gasteiger partial charge in [-0.1, -0.05) is 43.5 Å². The molecule has 0 atom stereocenters. The van der Waals surface area contributed by atoms with Gasteiger partial charge in [-0.2, -0.15) is 0 Å². The number of Topliss-reactive ketones (excluding diaryl/α,β-unsaturated/α-hetero) is 1. The van der Waals surface area contributed by atoms with Gasteiger partial charge in [-0.3, -0.25) is 4.79 Å². The van der Waals surface area contributed by atoms with Gasteiger partial charge in [0, 0.05) is 11.6 Å². The van der Waals surface area contributed by atoms with E-state index < -0.39 is 5.97 Å². The lowest BCUT2D eigenvalue weighted by atomic mass is 10.1. The molecule has 0 radical (unpaired) electrons. The van der Waals surface area contributed by atoms with Crippen LogP contribution in [0.2, 0.25) is 0 Å². The van der Waals surface area contributed by atoms with Crippen LogP contribution in [0.4, 0.5) is 0 Å². The van der Waals surface area contributed by atoms with E-state index in [0.717, 1.165) is 17.2 Å². The molecular weight excluding hydrogens is 204 g/mol. The van der Waals surface area contributed by atoms with Crippen molar-refractivity contribution in [2.75, 3.05) is 0 Å². The van der Waals surface area contributed by atoms with Crippen molar-refractivity contribution in [2.24, 2.45) is 0 Å². The highest BCUT2D eigenvalue weighted by Crippen LogP contribution is 2.09. The normalized spacial score (nSPS) is 8.31. The van der Waals surface area contributed by atoms with Crippen molar-refractivity contribution in [1.29, 1.82) is 0 Å². The molecular formula is C13H14O3. The van der Waals surface area contributed by atoms with Crippen molar-refractivity contribution in [3.8, 4) is 0 Å². The second kappa shape index (κ2) is 7.17. The summed E-state index contributed by atoms with van der Waals surface area (Å²) in [7, 11) is 0. The zero-order valence-corrected chi connectivity index (χ0v) is 9.14. The van der Waals surface area contributed by atoms with Gasteiger partial charge in [-0.05, 0) is 12.5 Å². The Labute approximate surface area is 94.7 Å². The predicted molar refractivity (Wildman–Crippen MR) is 64.4 cm³/mol. The second-order valence-corrected chi connectivity index (χ2v) is 2.89. The van der Waals surface area contributed by atoms with Gasteiger partial charge in [0.2, 0.25) is 0 Å². The minimum absolute atomic E-state index is 0.0838. The third kappa shape index (κ3) is 4.91. The number of carboxylic acids is 1. The van der Waals surface area contributed by atoms with Gasteiger partial charge >= 0.3 is 5.97 Å². The van der Waals surface area contributed by atoms with Crippen LogP contribution in [-0.2, 0) is 4.79 Å². The molecule has 0 bridgehead atoms. The number of carboxylic acid groups (broad SMARTS) is 1. The lowest BCUT2D eigenvalue weighted by Crippen LogP contribution is -1.94. The van der Waals surface area contributed by atoms with Gasteiger partial charge in [0.05, 0.1) is 0 Å². The van der Waals surface area contributed by atoms with Crippen LogP contribution in [0.3, 0.4) is 0 Å². The Hall–Kier alpha value is -2.16. The molecule has 0 heterocycles. The Morgan fingerprint density at radius 1 is 1.25 bits per heavy atom. The Morgan fingerprint density at radius 2 is 1.75 bits per heavy atom. The maximum Gasteiger partial charge on any atom is 0.327 e. The van der Waals surface area contributed by atoms with Crippen molar-refractivity contribution in [2.45, 2.75) is 6.92 Å². The first-order chi connectivity index (χ1) is 7.52. The maximum atomic E-state index is 11.0. The van der Waals surface area contributed by atoms with Crippen molar-refractivity contribution in [3.63, 3.8) is 0 Å². The fourth-order valence-electron chi connectivity index (χ4n) is 0.996. The van der Waals surface area contributed by atoms with Gasteiger partial charge < -0.3 is 5.11 Å². The summed E-state index contributed by atoms with van der Waals surface area (Å²) in [4.78, 5) is 20.2. The highest BCUT2D eigenvalue weighted by Gasteiger charge is 2.01. The topological polar surface area (TPSA) is 54.4 Å². The maximum absolute atomic E-state index is 11.0. The lowest BCUT2D eigenvalue weighted by molar-refractivity contribution is -0.131. The molecule has 0 saturated carbocycles. The number of hydrogen-bond donors (Lipinski definition) is 1. The molecule has 0 aromatic heterocycles. The van der Waals surface area contributed by atoms with Crippen LogP contribution in [0.5, 0.6) is 0 Å². The van der Waals surface area contributed by atoms with E-state index in [9.17, 15) is 9.59 Å². The van der Waals surface area contributed by atoms with Gasteiger partial charge in [0.25, 0.3) is 0 Å². The summed E-state index contributed by atoms with van der Waals surface area (Å²) in [6.45, 7) is 8.14. The zero-order chi connectivity index (χ0) is 12.6. The number of aliphatic carboxylic acids is 1. The number of carbonyl (C=O) groups excluding carboxylic acids is 1. The number of ketones is 1. The first kappa shape index (κ1) is 13.8. The van der Waals surface area contributed by atoms with Crippen LogP contribution >= 0.6 is 0 Å². The molecule has 84 valence electrons. The largest absolute Gasteiger partial charge is 0.478 e. The van der Waals surface area contributed by atoms with Gasteiger partial charge in [0.1, 0.15) is 0 Å². The quantitative estimate of drug-likeness (QED) is 0.627. The van der Waals surface area contributed by atoms with Crippen LogP contribution in [-0.4, -0.2) is 16.9 Å². The third-order valence-corrected chi connectivity index (χ3v) is 1.73. The van der Waals surface area contributed by atoms with Crippen molar-refractivity contribution < 1.29 is 14.7 Å². The van der Waals surface area contributed by atoms with E-state index in [1.165, 1.54) is 0 Å². The molecule has 0 amide bonds. The van der Waals surface area contributed by atoms with Gasteiger partial charge in [-0.15, -0.1) is 0 Å². The summed E-state index contributed by atoms with van der Waals surface area (Å²) in [6.07, 6.45) is 2.52. The first-order valence-corrected chi connectivity index (χ1v) is 4.60. The van der Waals surface area contributed by atoms with Crippen molar-refractivity contribution in [1.82, 2.24) is 0 Å². The van der Waals surface area contributed by atoms with Gasteiger partial charge in [-0.25, -0.2) is 4.79 Å². The summed E-state index contributed by atoms with van der Waals surface area (Å²) >= 11 is 0. The summed E-state index contributed by atoms with van der Waals surface area (Å²) in [5.41, 5.74) is 1.64. The average Bonchev–Trinajstić information content (AvgIpc) is 2.29. The van der Waals surface area contributed by atoms with Crippen LogP contribution < -0.4 is 0 Å². The summed E-state index contributed by atoms with van der Waals surface area (Å²) < 4.78 is 0. The van der Waals surface area contributed by atoms with Gasteiger partial charge in [0.15, 0.2) is 5.78 Å². The van der Waals surface area contributed by atoms with Crippen LogP contribution in [0.1, 0.15) is 22.8 Å². The predicted octanol–water partition coefficient (Wildman–Crippen LogP) is 2.79. The minimum Gasteiger partial charge on any atom is -0.478 e. The summed E-state index contributed by atoms with van der Waals surface area (Å²) in [6, 6.07) is 7.43. The number of carbonyl (C=O) groups is 2. The Balaban J connectivity index is 0.000000385. The number of hydrogen-bond acceptors (Lipinski definition) is 2.